The van der Waals surface area contributed by atoms with Gasteiger partial charge in [-0.15, -0.1) is 0 Å². The van der Waals surface area contributed by atoms with Crippen LogP contribution in [-0.2, 0) is 19.3 Å². The summed E-state index contributed by atoms with van der Waals surface area (Å²) < 4.78 is 6.60. The number of rotatable bonds is 7. The maximum Gasteiger partial charge on any atom is 0.337 e. The lowest BCUT2D eigenvalue weighted by atomic mass is 10.0. The Bertz CT molecular complexity index is 1040. The van der Waals surface area contributed by atoms with Crippen molar-refractivity contribution in [3.05, 3.63) is 75.3 Å². The van der Waals surface area contributed by atoms with Gasteiger partial charge in [0.25, 0.3) is 5.56 Å². The number of carbonyl (C=O) groups is 1. The molecular weight excluding hydrogens is 344 g/mol. The van der Waals surface area contributed by atoms with E-state index in [4.69, 9.17) is 9.84 Å². The minimum atomic E-state index is -1.07. The molecule has 2 aromatic heterocycles. The lowest BCUT2D eigenvalue weighted by Crippen LogP contribution is -2.23. The highest BCUT2D eigenvalue weighted by molar-refractivity contribution is 5.87. The summed E-state index contributed by atoms with van der Waals surface area (Å²) in [6, 6.07) is 10.9. The summed E-state index contributed by atoms with van der Waals surface area (Å²) in [5.41, 5.74) is 2.88. The molecule has 27 heavy (non-hydrogen) atoms. The number of ether oxygens (including phenoxy) is 1. The van der Waals surface area contributed by atoms with Gasteiger partial charge in [0, 0.05) is 11.8 Å². The number of hydrogen-bond acceptors (Lipinski definition) is 4. The first-order valence-corrected chi connectivity index (χ1v) is 8.94. The molecule has 6 heteroatoms. The zero-order valence-electron chi connectivity index (χ0n) is 15.4. The summed E-state index contributed by atoms with van der Waals surface area (Å²) in [6.07, 6.45) is 4.14. The number of carboxylic acid groups (broad SMARTS) is 1. The molecule has 3 aromatic rings. The van der Waals surface area contributed by atoms with E-state index < -0.39 is 5.97 Å². The Labute approximate surface area is 157 Å². The van der Waals surface area contributed by atoms with Crippen LogP contribution in [0.5, 0.6) is 5.75 Å². The number of aryl methyl sites for hydroxylation is 2. The molecule has 0 atom stereocenters. The van der Waals surface area contributed by atoms with Gasteiger partial charge in [0.05, 0.1) is 18.4 Å². The lowest BCUT2D eigenvalue weighted by molar-refractivity contribution is 0.0696. The van der Waals surface area contributed by atoms with Gasteiger partial charge < -0.3 is 9.84 Å². The molecule has 0 aliphatic rings. The first kappa shape index (κ1) is 18.6. The predicted molar refractivity (Wildman–Crippen MR) is 103 cm³/mol. The number of aromatic carboxylic acids is 1. The molecule has 2 heterocycles. The number of fused-ring (bicyclic) bond motifs is 1. The molecule has 0 radical (unpaired) electrons. The Morgan fingerprint density at radius 3 is 2.70 bits per heavy atom. The Balaban J connectivity index is 2.00. The average Bonchev–Trinajstić information content (AvgIpc) is 2.68. The first-order chi connectivity index (χ1) is 13.0. The normalized spacial score (nSPS) is 10.9. The number of carboxylic acids is 1. The second-order valence-electron chi connectivity index (χ2n) is 6.39. The minimum Gasteiger partial charge on any atom is -0.497 e. The SMILES string of the molecule is CCCc1c(CCc2cccc(OC)c2)nc2ccc(C(=O)O)cn2c1=O. The number of aromatic nitrogens is 2. The van der Waals surface area contributed by atoms with E-state index in [2.05, 4.69) is 4.98 Å². The number of methoxy groups -OCH3 is 1. The third-order valence-corrected chi connectivity index (χ3v) is 4.53. The van der Waals surface area contributed by atoms with Crippen LogP contribution in [0.15, 0.2) is 47.4 Å². The zero-order chi connectivity index (χ0) is 19.4. The molecule has 0 fully saturated rings. The Morgan fingerprint density at radius 1 is 1.19 bits per heavy atom. The van der Waals surface area contributed by atoms with Gasteiger partial charge in [0.15, 0.2) is 0 Å². The van der Waals surface area contributed by atoms with Gasteiger partial charge in [0.1, 0.15) is 11.4 Å². The standard InChI is InChI=1S/C21H22N2O4/c1-3-5-17-18(10-8-14-6-4-7-16(12-14)27-2)22-19-11-9-15(21(25)26)13-23(19)20(17)24/h4,6-7,9,11-13H,3,5,8,10H2,1-2H3,(H,25,26). The lowest BCUT2D eigenvalue weighted by Gasteiger charge is -2.11. The molecule has 6 nitrogen and oxygen atoms in total. The molecule has 1 aromatic carbocycles. The molecule has 0 unspecified atom stereocenters. The van der Waals surface area contributed by atoms with Crippen LogP contribution in [0.2, 0.25) is 0 Å². The highest BCUT2D eigenvalue weighted by atomic mass is 16.5. The van der Waals surface area contributed by atoms with Crippen molar-refractivity contribution in [2.75, 3.05) is 7.11 Å². The van der Waals surface area contributed by atoms with Crippen molar-refractivity contribution in [2.24, 2.45) is 0 Å². The van der Waals surface area contributed by atoms with Crippen molar-refractivity contribution < 1.29 is 14.6 Å². The molecule has 0 saturated heterocycles. The van der Waals surface area contributed by atoms with E-state index in [0.717, 1.165) is 29.8 Å². The highest BCUT2D eigenvalue weighted by Gasteiger charge is 2.14. The van der Waals surface area contributed by atoms with Crippen molar-refractivity contribution in [3.8, 4) is 5.75 Å². The van der Waals surface area contributed by atoms with Crippen molar-refractivity contribution >= 4 is 11.6 Å². The van der Waals surface area contributed by atoms with Crippen molar-refractivity contribution in [1.29, 1.82) is 0 Å². The van der Waals surface area contributed by atoms with E-state index in [1.165, 1.54) is 16.7 Å². The largest absolute Gasteiger partial charge is 0.497 e. The van der Waals surface area contributed by atoms with Gasteiger partial charge >= 0.3 is 5.97 Å². The van der Waals surface area contributed by atoms with Crippen LogP contribution in [0.1, 0.15) is 40.5 Å². The monoisotopic (exact) mass is 366 g/mol. The maximum atomic E-state index is 12.9. The van der Waals surface area contributed by atoms with Crippen molar-refractivity contribution in [3.63, 3.8) is 0 Å². The predicted octanol–water partition coefficient (Wildman–Crippen LogP) is 3.14. The summed E-state index contributed by atoms with van der Waals surface area (Å²) in [7, 11) is 1.63. The second kappa shape index (κ2) is 8.03. The topological polar surface area (TPSA) is 80.9 Å². The quantitative estimate of drug-likeness (QED) is 0.695. The Hall–Kier alpha value is -3.15. The summed E-state index contributed by atoms with van der Waals surface area (Å²) in [4.78, 5) is 28.8. The van der Waals surface area contributed by atoms with Crippen molar-refractivity contribution in [1.82, 2.24) is 9.38 Å². The number of nitrogens with zero attached hydrogens (tertiary/aromatic N) is 2. The van der Waals surface area contributed by atoms with Crippen LogP contribution in [0, 0.1) is 0 Å². The number of pyridine rings is 1. The van der Waals surface area contributed by atoms with E-state index in [1.807, 2.05) is 31.2 Å². The molecular formula is C21H22N2O4. The van der Waals surface area contributed by atoms with Crippen molar-refractivity contribution in [2.45, 2.75) is 32.6 Å². The Morgan fingerprint density at radius 2 is 2.00 bits per heavy atom. The summed E-state index contributed by atoms with van der Waals surface area (Å²) in [6.45, 7) is 2.01. The van der Waals surface area contributed by atoms with Gasteiger partial charge in [-0.05, 0) is 49.1 Å². The molecule has 3 rings (SSSR count). The van der Waals surface area contributed by atoms with Crippen LogP contribution < -0.4 is 10.3 Å². The number of hydrogen-bond donors (Lipinski definition) is 1. The fraction of sp³-hybridized carbons (Fsp3) is 0.286. The smallest absolute Gasteiger partial charge is 0.337 e. The van der Waals surface area contributed by atoms with Crippen LogP contribution in [-0.4, -0.2) is 27.6 Å². The highest BCUT2D eigenvalue weighted by Crippen LogP contribution is 2.16. The summed E-state index contributed by atoms with van der Waals surface area (Å²) >= 11 is 0. The molecule has 0 aliphatic heterocycles. The third kappa shape index (κ3) is 4.00. The summed E-state index contributed by atoms with van der Waals surface area (Å²) in [5.74, 6) is -0.267. The van der Waals surface area contributed by atoms with Crippen LogP contribution in [0.3, 0.4) is 0 Å². The van der Waals surface area contributed by atoms with Gasteiger partial charge in [-0.3, -0.25) is 9.20 Å². The molecule has 0 bridgehead atoms. The zero-order valence-corrected chi connectivity index (χ0v) is 15.4. The van der Waals surface area contributed by atoms with Crippen LogP contribution >= 0.6 is 0 Å². The van der Waals surface area contributed by atoms with E-state index >= 15 is 0 Å². The van der Waals surface area contributed by atoms with Crippen LogP contribution in [0.25, 0.3) is 5.65 Å². The Kier molecular flexibility index (Phi) is 5.54. The van der Waals surface area contributed by atoms with E-state index in [-0.39, 0.29) is 11.1 Å². The average molecular weight is 366 g/mol. The molecule has 0 saturated carbocycles. The van der Waals surface area contributed by atoms with Gasteiger partial charge in [-0.2, -0.15) is 0 Å². The van der Waals surface area contributed by atoms with Gasteiger partial charge in [-0.1, -0.05) is 25.5 Å². The summed E-state index contributed by atoms with van der Waals surface area (Å²) in [5, 5.41) is 9.17. The third-order valence-electron chi connectivity index (χ3n) is 4.53. The van der Waals surface area contributed by atoms with E-state index in [0.29, 0.717) is 24.1 Å². The first-order valence-electron chi connectivity index (χ1n) is 8.94. The van der Waals surface area contributed by atoms with Gasteiger partial charge in [0.2, 0.25) is 0 Å². The molecule has 0 aliphatic carbocycles. The second-order valence-corrected chi connectivity index (χ2v) is 6.39. The van der Waals surface area contributed by atoms with Gasteiger partial charge in [-0.25, -0.2) is 9.78 Å². The number of benzene rings is 1. The maximum absolute atomic E-state index is 12.9. The van der Waals surface area contributed by atoms with E-state index in [1.54, 1.807) is 13.2 Å². The molecule has 1 N–H and O–H groups in total. The molecule has 0 spiro atoms. The van der Waals surface area contributed by atoms with E-state index in [9.17, 15) is 9.59 Å². The fourth-order valence-electron chi connectivity index (χ4n) is 3.15. The fourth-order valence-corrected chi connectivity index (χ4v) is 3.15. The minimum absolute atomic E-state index is 0.0676. The molecule has 0 amide bonds. The van der Waals surface area contributed by atoms with Crippen LogP contribution in [0.4, 0.5) is 0 Å². The molecule has 140 valence electrons.